The first kappa shape index (κ1) is 17.2. The van der Waals surface area contributed by atoms with Crippen LogP contribution in [0.3, 0.4) is 0 Å². The van der Waals surface area contributed by atoms with Crippen molar-refractivity contribution in [1.29, 1.82) is 0 Å². The van der Waals surface area contributed by atoms with Gasteiger partial charge in [-0.3, -0.25) is 0 Å². The van der Waals surface area contributed by atoms with Crippen LogP contribution in [0.2, 0.25) is 5.02 Å². The van der Waals surface area contributed by atoms with E-state index in [1.54, 1.807) is 6.07 Å². The first-order chi connectivity index (χ1) is 10.9. The summed E-state index contributed by atoms with van der Waals surface area (Å²) < 4.78 is 5.69. The first-order valence-corrected chi connectivity index (χ1v) is 7.85. The third-order valence-electron chi connectivity index (χ3n) is 3.17. The van der Waals surface area contributed by atoms with Crippen LogP contribution in [0.15, 0.2) is 36.4 Å². The van der Waals surface area contributed by atoms with E-state index in [2.05, 4.69) is 10.6 Å². The Kier molecular flexibility index (Phi) is 5.50. The second-order valence-electron chi connectivity index (χ2n) is 5.68. The lowest BCUT2D eigenvalue weighted by atomic mass is 10.1. The molecule has 122 valence electrons. The van der Waals surface area contributed by atoms with Gasteiger partial charge in [-0.15, -0.1) is 0 Å². The van der Waals surface area contributed by atoms with Gasteiger partial charge in [0.05, 0.1) is 22.5 Å². The molecule has 0 aliphatic carbocycles. The number of hydrogen-bond acceptors (Lipinski definition) is 2. The molecule has 5 heteroatoms. The molecule has 2 aromatic rings. The molecule has 2 aromatic carbocycles. The third kappa shape index (κ3) is 4.63. The number of rotatable bonds is 4. The molecule has 0 radical (unpaired) electrons. The number of anilines is 2. The molecule has 23 heavy (non-hydrogen) atoms. The van der Waals surface area contributed by atoms with Gasteiger partial charge < -0.3 is 15.4 Å². The Balaban J connectivity index is 2.15. The fourth-order valence-corrected chi connectivity index (χ4v) is 2.64. The Morgan fingerprint density at radius 1 is 1.13 bits per heavy atom. The summed E-state index contributed by atoms with van der Waals surface area (Å²) in [4.78, 5) is 12.3. The maximum atomic E-state index is 12.3. The third-order valence-corrected chi connectivity index (χ3v) is 3.47. The second kappa shape index (κ2) is 7.38. The lowest BCUT2D eigenvalue weighted by Crippen LogP contribution is -2.21. The van der Waals surface area contributed by atoms with E-state index in [1.165, 1.54) is 0 Å². The summed E-state index contributed by atoms with van der Waals surface area (Å²) in [5.41, 5.74) is 3.18. The summed E-state index contributed by atoms with van der Waals surface area (Å²) in [5, 5.41) is 6.11. The Morgan fingerprint density at radius 3 is 2.48 bits per heavy atom. The van der Waals surface area contributed by atoms with Crippen molar-refractivity contribution in [2.45, 2.75) is 33.8 Å². The molecular weight excluding hydrogens is 312 g/mol. The number of urea groups is 1. The maximum Gasteiger partial charge on any atom is 0.323 e. The molecule has 4 nitrogen and oxygen atoms in total. The summed E-state index contributed by atoms with van der Waals surface area (Å²) in [5.74, 6) is 0.629. The number of para-hydroxylation sites is 2. The summed E-state index contributed by atoms with van der Waals surface area (Å²) in [7, 11) is 0. The van der Waals surface area contributed by atoms with E-state index < -0.39 is 0 Å². The van der Waals surface area contributed by atoms with Gasteiger partial charge in [0.15, 0.2) is 0 Å². The van der Waals surface area contributed by atoms with Gasteiger partial charge in [0, 0.05) is 0 Å². The Morgan fingerprint density at radius 2 is 1.83 bits per heavy atom. The van der Waals surface area contributed by atoms with Crippen molar-refractivity contribution in [1.82, 2.24) is 0 Å². The fourth-order valence-electron chi connectivity index (χ4n) is 2.27. The molecule has 0 saturated carbocycles. The van der Waals surface area contributed by atoms with Gasteiger partial charge in [-0.2, -0.15) is 0 Å². The SMILES string of the molecule is Cc1cc(C)c(NC(=O)Nc2ccccc2OC(C)C)c(Cl)c1. The summed E-state index contributed by atoms with van der Waals surface area (Å²) >= 11 is 6.21. The number of ether oxygens (including phenoxy) is 1. The van der Waals surface area contributed by atoms with E-state index in [0.717, 1.165) is 11.1 Å². The molecule has 0 bridgehead atoms. The minimum absolute atomic E-state index is 0.0230. The number of hydrogen-bond donors (Lipinski definition) is 2. The van der Waals surface area contributed by atoms with Gasteiger partial charge in [0.2, 0.25) is 0 Å². The first-order valence-electron chi connectivity index (χ1n) is 7.47. The van der Waals surface area contributed by atoms with Crippen molar-refractivity contribution in [3.8, 4) is 5.75 Å². The van der Waals surface area contributed by atoms with Crippen LogP contribution in [0.5, 0.6) is 5.75 Å². The van der Waals surface area contributed by atoms with Crippen LogP contribution >= 0.6 is 11.6 Å². The summed E-state index contributed by atoms with van der Waals surface area (Å²) in [6.45, 7) is 7.74. The van der Waals surface area contributed by atoms with Gasteiger partial charge in [0.25, 0.3) is 0 Å². The summed E-state index contributed by atoms with van der Waals surface area (Å²) in [6.07, 6.45) is 0.0230. The van der Waals surface area contributed by atoms with Crippen LogP contribution in [0.1, 0.15) is 25.0 Å². The highest BCUT2D eigenvalue weighted by atomic mass is 35.5. The van der Waals surface area contributed by atoms with Crippen molar-refractivity contribution in [2.24, 2.45) is 0 Å². The second-order valence-corrected chi connectivity index (χ2v) is 6.09. The Hall–Kier alpha value is -2.20. The van der Waals surface area contributed by atoms with Crippen LogP contribution in [-0.4, -0.2) is 12.1 Å². The van der Waals surface area contributed by atoms with Gasteiger partial charge in [-0.05, 0) is 57.0 Å². The van der Waals surface area contributed by atoms with Crippen LogP contribution in [0, 0.1) is 13.8 Å². The zero-order valence-corrected chi connectivity index (χ0v) is 14.5. The van der Waals surface area contributed by atoms with Crippen LogP contribution in [-0.2, 0) is 0 Å². The van der Waals surface area contributed by atoms with E-state index in [9.17, 15) is 4.79 Å². The number of benzene rings is 2. The van der Waals surface area contributed by atoms with Crippen LogP contribution < -0.4 is 15.4 Å². The lowest BCUT2D eigenvalue weighted by Gasteiger charge is -2.16. The number of carbonyl (C=O) groups excluding carboxylic acids is 1. The quantitative estimate of drug-likeness (QED) is 0.788. The van der Waals surface area contributed by atoms with Crippen LogP contribution in [0.4, 0.5) is 16.2 Å². The van der Waals surface area contributed by atoms with Crippen molar-refractivity contribution in [3.05, 3.63) is 52.5 Å². The normalized spacial score (nSPS) is 10.5. The van der Waals surface area contributed by atoms with Gasteiger partial charge >= 0.3 is 6.03 Å². The lowest BCUT2D eigenvalue weighted by molar-refractivity contribution is 0.243. The fraction of sp³-hybridized carbons (Fsp3) is 0.278. The number of halogens is 1. The highest BCUT2D eigenvalue weighted by molar-refractivity contribution is 6.34. The average molecular weight is 333 g/mol. The van der Waals surface area contributed by atoms with Crippen molar-refractivity contribution in [2.75, 3.05) is 10.6 Å². The molecule has 0 saturated heterocycles. The molecule has 0 aliphatic heterocycles. The predicted octanol–water partition coefficient (Wildman–Crippen LogP) is 5.39. The van der Waals surface area contributed by atoms with E-state index in [0.29, 0.717) is 22.1 Å². The van der Waals surface area contributed by atoms with Crippen LogP contribution in [0.25, 0.3) is 0 Å². The van der Waals surface area contributed by atoms with Crippen molar-refractivity contribution in [3.63, 3.8) is 0 Å². The van der Waals surface area contributed by atoms with E-state index in [-0.39, 0.29) is 12.1 Å². The van der Waals surface area contributed by atoms with E-state index in [4.69, 9.17) is 16.3 Å². The monoisotopic (exact) mass is 332 g/mol. The largest absolute Gasteiger partial charge is 0.489 e. The number of aryl methyl sites for hydroxylation is 2. The zero-order chi connectivity index (χ0) is 17.0. The minimum atomic E-state index is -0.362. The smallest absolute Gasteiger partial charge is 0.323 e. The number of carbonyl (C=O) groups is 1. The van der Waals surface area contributed by atoms with Gasteiger partial charge in [-0.25, -0.2) is 4.79 Å². The van der Waals surface area contributed by atoms with Gasteiger partial charge in [-0.1, -0.05) is 29.8 Å². The molecule has 0 aromatic heterocycles. The molecule has 0 spiro atoms. The van der Waals surface area contributed by atoms with E-state index in [1.807, 2.05) is 58.0 Å². The molecule has 0 heterocycles. The van der Waals surface area contributed by atoms with E-state index >= 15 is 0 Å². The van der Waals surface area contributed by atoms with Crippen molar-refractivity contribution >= 4 is 29.0 Å². The van der Waals surface area contributed by atoms with Crippen molar-refractivity contribution < 1.29 is 9.53 Å². The molecule has 2 amide bonds. The molecule has 0 aliphatic rings. The highest BCUT2D eigenvalue weighted by Gasteiger charge is 2.12. The molecular formula is C18H21ClN2O2. The molecule has 0 fully saturated rings. The number of amides is 2. The maximum absolute atomic E-state index is 12.3. The average Bonchev–Trinajstić information content (AvgIpc) is 2.44. The summed E-state index contributed by atoms with van der Waals surface area (Å²) in [6, 6.07) is 10.7. The Bertz CT molecular complexity index is 691. The number of nitrogens with one attached hydrogen (secondary N) is 2. The molecule has 0 atom stereocenters. The zero-order valence-electron chi connectivity index (χ0n) is 13.7. The molecule has 2 N–H and O–H groups in total. The Labute approximate surface area is 141 Å². The highest BCUT2D eigenvalue weighted by Crippen LogP contribution is 2.28. The standard InChI is InChI=1S/C18H21ClN2O2/c1-11(2)23-16-8-6-5-7-15(16)20-18(22)21-17-13(4)9-12(3)10-14(17)19/h5-11H,1-4H3,(H2,20,21,22). The topological polar surface area (TPSA) is 50.4 Å². The molecule has 2 rings (SSSR count). The predicted molar refractivity (Wildman–Crippen MR) is 95.8 cm³/mol. The molecule has 0 unspecified atom stereocenters. The van der Waals surface area contributed by atoms with Gasteiger partial charge in [0.1, 0.15) is 5.75 Å². The minimum Gasteiger partial charge on any atom is -0.489 e.